The predicted octanol–water partition coefficient (Wildman–Crippen LogP) is 1.15. The van der Waals surface area contributed by atoms with Crippen LogP contribution in [0.3, 0.4) is 0 Å². The average Bonchev–Trinajstić information content (AvgIpc) is 2.46. The van der Waals surface area contributed by atoms with Crippen molar-refractivity contribution in [2.45, 2.75) is 6.92 Å². The Bertz CT molecular complexity index is 429. The van der Waals surface area contributed by atoms with Crippen molar-refractivity contribution >= 4 is 11.9 Å². The molecule has 0 fully saturated rings. The van der Waals surface area contributed by atoms with Crippen LogP contribution >= 0.6 is 0 Å². The van der Waals surface area contributed by atoms with Crippen LogP contribution in [0.25, 0.3) is 0 Å². The highest BCUT2D eigenvalue weighted by Crippen LogP contribution is 2.05. The molecule has 0 heterocycles. The van der Waals surface area contributed by atoms with Gasteiger partial charge in [0.2, 0.25) is 0 Å². The number of nitrogens with zero attached hydrogens (tertiary/aromatic N) is 1. The highest BCUT2D eigenvalue weighted by molar-refractivity contribution is 5.96. The molecule has 0 saturated carbocycles. The molecule has 0 aliphatic carbocycles. The maximum absolute atomic E-state index is 11.8. The number of ether oxygens (including phenoxy) is 1. The second kappa shape index (κ2) is 7.53. The molecule has 1 N–H and O–H groups in total. The summed E-state index contributed by atoms with van der Waals surface area (Å²) in [6.07, 6.45) is 0. The van der Waals surface area contributed by atoms with Crippen molar-refractivity contribution in [1.82, 2.24) is 10.2 Å². The van der Waals surface area contributed by atoms with E-state index in [9.17, 15) is 9.59 Å². The molecule has 0 aliphatic heterocycles. The van der Waals surface area contributed by atoms with Crippen molar-refractivity contribution < 1.29 is 14.3 Å². The summed E-state index contributed by atoms with van der Waals surface area (Å²) in [5, 5.41) is 2.83. The number of carbonyl (C=O) groups excluding carboxylic acids is 2. The summed E-state index contributed by atoms with van der Waals surface area (Å²) in [7, 11) is 3.32. The molecule has 19 heavy (non-hydrogen) atoms. The minimum atomic E-state index is -0.406. The highest BCUT2D eigenvalue weighted by atomic mass is 16.5. The van der Waals surface area contributed by atoms with Gasteiger partial charge in [-0.25, -0.2) is 4.79 Å². The smallest absolute Gasteiger partial charge is 0.337 e. The molecule has 0 saturated heterocycles. The fraction of sp³-hybridized carbons (Fsp3) is 0.429. The van der Waals surface area contributed by atoms with Crippen molar-refractivity contribution in [2.24, 2.45) is 0 Å². The second-order valence-electron chi connectivity index (χ2n) is 4.22. The summed E-state index contributed by atoms with van der Waals surface area (Å²) < 4.78 is 4.60. The number of rotatable bonds is 6. The number of methoxy groups -OCH3 is 1. The van der Waals surface area contributed by atoms with Crippen LogP contribution in [-0.2, 0) is 4.74 Å². The number of carbonyl (C=O) groups is 2. The summed E-state index contributed by atoms with van der Waals surface area (Å²) in [5.74, 6) is -0.544. The number of benzene rings is 1. The number of hydrogen-bond donors (Lipinski definition) is 1. The molecule has 1 aromatic rings. The topological polar surface area (TPSA) is 58.6 Å². The Balaban J connectivity index is 2.51. The summed E-state index contributed by atoms with van der Waals surface area (Å²) in [6.45, 7) is 4.42. The van der Waals surface area contributed by atoms with Crippen LogP contribution < -0.4 is 5.32 Å². The minimum Gasteiger partial charge on any atom is -0.465 e. The fourth-order valence-corrected chi connectivity index (χ4v) is 1.50. The monoisotopic (exact) mass is 264 g/mol. The van der Waals surface area contributed by atoms with E-state index >= 15 is 0 Å². The third-order valence-electron chi connectivity index (χ3n) is 2.89. The van der Waals surface area contributed by atoms with Crippen LogP contribution in [0.5, 0.6) is 0 Å². The van der Waals surface area contributed by atoms with Crippen LogP contribution in [0.15, 0.2) is 24.3 Å². The first-order chi connectivity index (χ1) is 9.08. The lowest BCUT2D eigenvalue weighted by Crippen LogP contribution is -2.32. The van der Waals surface area contributed by atoms with Crippen LogP contribution in [0.4, 0.5) is 0 Å². The molecule has 1 rings (SSSR count). The van der Waals surface area contributed by atoms with E-state index in [2.05, 4.69) is 21.9 Å². The first-order valence-corrected chi connectivity index (χ1v) is 6.23. The summed E-state index contributed by atoms with van der Waals surface area (Å²) in [5.41, 5.74) is 0.969. The molecule has 104 valence electrons. The Hall–Kier alpha value is -1.88. The van der Waals surface area contributed by atoms with Gasteiger partial charge < -0.3 is 15.0 Å². The van der Waals surface area contributed by atoms with Gasteiger partial charge in [-0.15, -0.1) is 0 Å². The van der Waals surface area contributed by atoms with Gasteiger partial charge in [0.05, 0.1) is 12.7 Å². The Morgan fingerprint density at radius 2 is 1.79 bits per heavy atom. The van der Waals surface area contributed by atoms with Gasteiger partial charge >= 0.3 is 5.97 Å². The van der Waals surface area contributed by atoms with E-state index in [1.165, 1.54) is 7.11 Å². The SMILES string of the molecule is CCN(C)CCNC(=O)c1ccc(C(=O)OC)cc1. The van der Waals surface area contributed by atoms with Crippen molar-refractivity contribution in [3.8, 4) is 0 Å². The van der Waals surface area contributed by atoms with Gasteiger partial charge in [-0.2, -0.15) is 0 Å². The summed E-state index contributed by atoms with van der Waals surface area (Å²) in [4.78, 5) is 25.2. The molecule has 0 aliphatic rings. The van der Waals surface area contributed by atoms with Crippen LogP contribution in [-0.4, -0.2) is 50.6 Å². The standard InChI is InChI=1S/C14H20N2O3/c1-4-16(2)10-9-15-13(17)11-5-7-12(8-6-11)14(18)19-3/h5-8H,4,9-10H2,1-3H3,(H,15,17). The van der Waals surface area contributed by atoms with Crippen LogP contribution in [0, 0.1) is 0 Å². The Kier molecular flexibility index (Phi) is 6.02. The van der Waals surface area contributed by atoms with E-state index in [1.807, 2.05) is 7.05 Å². The van der Waals surface area contributed by atoms with Crippen molar-refractivity contribution in [3.05, 3.63) is 35.4 Å². The summed E-state index contributed by atoms with van der Waals surface area (Å²) >= 11 is 0. The van der Waals surface area contributed by atoms with Crippen molar-refractivity contribution in [3.63, 3.8) is 0 Å². The maximum Gasteiger partial charge on any atom is 0.337 e. The van der Waals surface area contributed by atoms with E-state index in [0.717, 1.165) is 13.1 Å². The number of likely N-dealkylation sites (N-methyl/N-ethyl adjacent to an activating group) is 1. The van der Waals surface area contributed by atoms with E-state index in [-0.39, 0.29) is 5.91 Å². The molecular weight excluding hydrogens is 244 g/mol. The van der Waals surface area contributed by atoms with E-state index in [1.54, 1.807) is 24.3 Å². The third-order valence-corrected chi connectivity index (χ3v) is 2.89. The molecule has 1 aromatic carbocycles. The van der Waals surface area contributed by atoms with Crippen molar-refractivity contribution in [1.29, 1.82) is 0 Å². The molecule has 5 nitrogen and oxygen atoms in total. The normalized spacial score (nSPS) is 10.3. The van der Waals surface area contributed by atoms with E-state index in [0.29, 0.717) is 17.7 Å². The summed E-state index contributed by atoms with van der Waals surface area (Å²) in [6, 6.07) is 6.40. The molecule has 0 radical (unpaired) electrons. The van der Waals surface area contributed by atoms with Gasteiger partial charge in [0.15, 0.2) is 0 Å². The number of amides is 1. The second-order valence-corrected chi connectivity index (χ2v) is 4.22. The van der Waals surface area contributed by atoms with Crippen molar-refractivity contribution in [2.75, 3.05) is 33.8 Å². The van der Waals surface area contributed by atoms with Gasteiger partial charge in [-0.1, -0.05) is 6.92 Å². The fourth-order valence-electron chi connectivity index (χ4n) is 1.50. The lowest BCUT2D eigenvalue weighted by molar-refractivity contribution is 0.0600. The Labute approximate surface area is 113 Å². The Morgan fingerprint density at radius 3 is 2.32 bits per heavy atom. The molecule has 0 spiro atoms. The molecule has 5 heteroatoms. The zero-order chi connectivity index (χ0) is 14.3. The molecule has 0 unspecified atom stereocenters. The number of hydrogen-bond acceptors (Lipinski definition) is 4. The average molecular weight is 264 g/mol. The lowest BCUT2D eigenvalue weighted by Gasteiger charge is -2.14. The van der Waals surface area contributed by atoms with Gasteiger partial charge in [0.25, 0.3) is 5.91 Å². The first kappa shape index (κ1) is 15.2. The number of nitrogens with one attached hydrogen (secondary N) is 1. The molecule has 0 bridgehead atoms. The lowest BCUT2D eigenvalue weighted by atomic mass is 10.1. The number of esters is 1. The molecule has 0 atom stereocenters. The maximum atomic E-state index is 11.8. The minimum absolute atomic E-state index is 0.138. The van der Waals surface area contributed by atoms with Gasteiger partial charge in [0, 0.05) is 18.7 Å². The largest absolute Gasteiger partial charge is 0.465 e. The first-order valence-electron chi connectivity index (χ1n) is 6.23. The quantitative estimate of drug-likeness (QED) is 0.783. The van der Waals surface area contributed by atoms with Gasteiger partial charge in [-0.3, -0.25) is 4.79 Å². The van der Waals surface area contributed by atoms with Gasteiger partial charge in [-0.05, 0) is 37.9 Å². The molecule has 0 aromatic heterocycles. The Morgan fingerprint density at radius 1 is 1.21 bits per heavy atom. The van der Waals surface area contributed by atoms with E-state index in [4.69, 9.17) is 0 Å². The third kappa shape index (κ3) is 4.71. The van der Waals surface area contributed by atoms with Crippen LogP contribution in [0.1, 0.15) is 27.6 Å². The molecule has 1 amide bonds. The van der Waals surface area contributed by atoms with Crippen LogP contribution in [0.2, 0.25) is 0 Å². The predicted molar refractivity (Wildman–Crippen MR) is 73.3 cm³/mol. The zero-order valence-electron chi connectivity index (χ0n) is 11.6. The van der Waals surface area contributed by atoms with Gasteiger partial charge in [0.1, 0.15) is 0 Å². The highest BCUT2D eigenvalue weighted by Gasteiger charge is 2.08. The zero-order valence-corrected chi connectivity index (χ0v) is 11.6. The van der Waals surface area contributed by atoms with E-state index < -0.39 is 5.97 Å². The molecular formula is C14H20N2O3.